The number of carbonyl (C=O) groups excluding carboxylic acids is 4. The van der Waals surface area contributed by atoms with Crippen molar-refractivity contribution in [1.29, 1.82) is 10.5 Å². The highest BCUT2D eigenvalue weighted by atomic mass is 16.5. The van der Waals surface area contributed by atoms with Crippen LogP contribution in [0.2, 0.25) is 0 Å². The van der Waals surface area contributed by atoms with Crippen LogP contribution in [0.4, 0.5) is 0 Å². The number of hydrogen-bond donors (Lipinski definition) is 0. The van der Waals surface area contributed by atoms with Gasteiger partial charge in [0.05, 0.1) is 51.4 Å². The number of ether oxygens (including phenoxy) is 4. The Bertz CT molecular complexity index is 664. The van der Waals surface area contributed by atoms with Crippen LogP contribution in [0.15, 0.2) is 23.3 Å². The third-order valence-corrected chi connectivity index (χ3v) is 2.72. The molecule has 164 valence electrons. The van der Waals surface area contributed by atoms with E-state index in [1.54, 1.807) is 39.8 Å². The van der Waals surface area contributed by atoms with Crippen molar-refractivity contribution in [3.05, 3.63) is 23.3 Å². The van der Waals surface area contributed by atoms with E-state index in [0.717, 1.165) is 12.2 Å². The molecule has 0 unspecified atom stereocenters. The van der Waals surface area contributed by atoms with E-state index >= 15 is 0 Å². The molecule has 10 heteroatoms. The van der Waals surface area contributed by atoms with Gasteiger partial charge in [-0.3, -0.25) is 9.59 Å². The molecule has 0 fully saturated rings. The molecule has 0 aromatic heterocycles. The second-order valence-electron chi connectivity index (χ2n) is 5.03. The maximum Gasteiger partial charge on any atom is 0.331 e. The summed E-state index contributed by atoms with van der Waals surface area (Å²) in [6, 6.07) is 3.48. The van der Waals surface area contributed by atoms with Crippen LogP contribution in [0.25, 0.3) is 0 Å². The van der Waals surface area contributed by atoms with E-state index in [0.29, 0.717) is 0 Å². The molecular formula is C20H26N2O8. The highest BCUT2D eigenvalue weighted by molar-refractivity contribution is 5.86. The van der Waals surface area contributed by atoms with Gasteiger partial charge in [-0.15, -0.1) is 0 Å². The average Bonchev–Trinajstić information content (AvgIpc) is 2.68. The molecule has 0 heterocycles. The molecule has 30 heavy (non-hydrogen) atoms. The third kappa shape index (κ3) is 16.5. The average molecular weight is 422 g/mol. The van der Waals surface area contributed by atoms with Crippen molar-refractivity contribution in [3.8, 4) is 12.1 Å². The van der Waals surface area contributed by atoms with Gasteiger partial charge in [0.15, 0.2) is 0 Å². The lowest BCUT2D eigenvalue weighted by atomic mass is 10.2. The zero-order chi connectivity index (χ0) is 23.4. The van der Waals surface area contributed by atoms with Gasteiger partial charge >= 0.3 is 23.9 Å². The summed E-state index contributed by atoms with van der Waals surface area (Å²) >= 11 is 0. The molecule has 0 rings (SSSR count). The van der Waals surface area contributed by atoms with Crippen molar-refractivity contribution in [1.82, 2.24) is 0 Å². The molecule has 0 amide bonds. The van der Waals surface area contributed by atoms with E-state index in [9.17, 15) is 19.2 Å². The van der Waals surface area contributed by atoms with Gasteiger partial charge in [-0.1, -0.05) is 0 Å². The minimum atomic E-state index is -0.627. The molecule has 0 aliphatic heterocycles. The predicted molar refractivity (Wildman–Crippen MR) is 103 cm³/mol. The van der Waals surface area contributed by atoms with Crippen LogP contribution in [-0.2, 0) is 38.1 Å². The zero-order valence-electron chi connectivity index (χ0n) is 17.6. The first-order chi connectivity index (χ1) is 14.3. The summed E-state index contributed by atoms with van der Waals surface area (Å²) < 4.78 is 18.5. The topological polar surface area (TPSA) is 153 Å². The smallest absolute Gasteiger partial charge is 0.331 e. The molecule has 0 saturated carbocycles. The highest BCUT2D eigenvalue weighted by Crippen LogP contribution is 2.03. The molecule has 0 atom stereocenters. The number of carbonyl (C=O) groups is 4. The van der Waals surface area contributed by atoms with E-state index in [1.807, 2.05) is 0 Å². The molecule has 0 aliphatic carbocycles. The van der Waals surface area contributed by atoms with Crippen LogP contribution in [0, 0.1) is 22.7 Å². The summed E-state index contributed by atoms with van der Waals surface area (Å²) in [6.45, 7) is 7.60. The third-order valence-electron chi connectivity index (χ3n) is 2.72. The minimum Gasteiger partial charge on any atom is -0.466 e. The molecule has 0 spiro atoms. The van der Waals surface area contributed by atoms with Gasteiger partial charge < -0.3 is 18.9 Å². The molecule has 0 aromatic carbocycles. The van der Waals surface area contributed by atoms with Crippen LogP contribution >= 0.6 is 0 Å². The Labute approximate surface area is 175 Å². The number of nitrogens with zero attached hydrogens (tertiary/aromatic N) is 2. The maximum absolute atomic E-state index is 11.0. The summed E-state index contributed by atoms with van der Waals surface area (Å²) in [5.74, 6) is -2.32. The van der Waals surface area contributed by atoms with E-state index in [2.05, 4.69) is 18.9 Å². The van der Waals surface area contributed by atoms with E-state index in [-0.39, 0.29) is 50.4 Å². The Morgan fingerprint density at radius 2 is 0.933 bits per heavy atom. The summed E-state index contributed by atoms with van der Waals surface area (Å²) in [5, 5.41) is 17.3. The van der Waals surface area contributed by atoms with Gasteiger partial charge in [0.2, 0.25) is 0 Å². The summed E-state index contributed by atoms with van der Waals surface area (Å²) in [7, 11) is 0. The standard InChI is InChI=1S/2C10H13NO4/c2*1-3-14-9(12)5-8(7-11)6-10(13)15-4-2/h2*5H,3-4,6H2,1-2H3/b2*8-5-. The normalized spacial score (nSPS) is 10.3. The fourth-order valence-corrected chi connectivity index (χ4v) is 1.63. The second-order valence-corrected chi connectivity index (χ2v) is 5.03. The molecular weight excluding hydrogens is 396 g/mol. The van der Waals surface area contributed by atoms with Gasteiger partial charge in [-0.2, -0.15) is 10.5 Å². The van der Waals surface area contributed by atoms with Crippen LogP contribution < -0.4 is 0 Å². The molecule has 0 radical (unpaired) electrons. The largest absolute Gasteiger partial charge is 0.466 e. The van der Waals surface area contributed by atoms with Crippen LogP contribution in [-0.4, -0.2) is 50.3 Å². The number of esters is 4. The van der Waals surface area contributed by atoms with Crippen LogP contribution in [0.1, 0.15) is 40.5 Å². The van der Waals surface area contributed by atoms with Crippen molar-refractivity contribution in [2.75, 3.05) is 26.4 Å². The van der Waals surface area contributed by atoms with E-state index in [1.165, 1.54) is 0 Å². The maximum atomic E-state index is 11.0. The molecule has 0 bridgehead atoms. The fraction of sp³-hybridized carbons (Fsp3) is 0.500. The lowest BCUT2D eigenvalue weighted by molar-refractivity contribution is -0.143. The molecule has 0 saturated heterocycles. The van der Waals surface area contributed by atoms with Crippen molar-refractivity contribution in [2.45, 2.75) is 40.5 Å². The lowest BCUT2D eigenvalue weighted by Gasteiger charge is -2.00. The number of rotatable bonds is 10. The predicted octanol–water partition coefficient (Wildman–Crippen LogP) is 1.91. The molecule has 0 aliphatic rings. The monoisotopic (exact) mass is 422 g/mol. The molecule has 0 N–H and O–H groups in total. The van der Waals surface area contributed by atoms with Crippen molar-refractivity contribution < 1.29 is 38.1 Å². The summed E-state index contributed by atoms with van der Waals surface area (Å²) in [5.41, 5.74) is 0.0683. The zero-order valence-corrected chi connectivity index (χ0v) is 17.6. The van der Waals surface area contributed by atoms with Crippen LogP contribution in [0.5, 0.6) is 0 Å². The molecule has 10 nitrogen and oxygen atoms in total. The van der Waals surface area contributed by atoms with Crippen molar-refractivity contribution in [3.63, 3.8) is 0 Å². The van der Waals surface area contributed by atoms with Gasteiger partial charge in [-0.05, 0) is 27.7 Å². The molecule has 0 aromatic rings. The van der Waals surface area contributed by atoms with Gasteiger partial charge in [0.25, 0.3) is 0 Å². The van der Waals surface area contributed by atoms with E-state index < -0.39 is 23.9 Å². The van der Waals surface area contributed by atoms with Crippen molar-refractivity contribution >= 4 is 23.9 Å². The van der Waals surface area contributed by atoms with E-state index in [4.69, 9.17) is 10.5 Å². The summed E-state index contributed by atoms with van der Waals surface area (Å²) in [6.07, 6.45) is 1.59. The SMILES string of the molecule is CCOC(=O)/C=C(\C#N)CC(=O)OCC.CCOC(=O)/C=C(\C#N)CC(=O)OCC. The Hall–Kier alpha value is -3.66. The number of nitriles is 2. The first-order valence-corrected chi connectivity index (χ1v) is 9.13. The van der Waals surface area contributed by atoms with Gasteiger partial charge in [0.1, 0.15) is 0 Å². The Balaban J connectivity index is 0. The number of hydrogen-bond acceptors (Lipinski definition) is 10. The minimum absolute atomic E-state index is 0.0342. The van der Waals surface area contributed by atoms with Gasteiger partial charge in [-0.25, -0.2) is 9.59 Å². The summed E-state index contributed by atoms with van der Waals surface area (Å²) in [4.78, 5) is 43.9. The first-order valence-electron chi connectivity index (χ1n) is 9.13. The highest BCUT2D eigenvalue weighted by Gasteiger charge is 2.09. The van der Waals surface area contributed by atoms with Gasteiger partial charge in [0, 0.05) is 23.3 Å². The first kappa shape index (κ1) is 28.5. The Morgan fingerprint density at radius 3 is 1.17 bits per heavy atom. The Morgan fingerprint density at radius 1 is 0.633 bits per heavy atom. The lowest BCUT2D eigenvalue weighted by Crippen LogP contribution is -2.07. The quantitative estimate of drug-likeness (QED) is 0.221. The second kappa shape index (κ2) is 18.7. The fourth-order valence-electron chi connectivity index (χ4n) is 1.63. The Kier molecular flexibility index (Phi) is 17.8. The van der Waals surface area contributed by atoms with Crippen molar-refractivity contribution in [2.24, 2.45) is 0 Å². The van der Waals surface area contributed by atoms with Crippen LogP contribution in [0.3, 0.4) is 0 Å².